The van der Waals surface area contributed by atoms with Gasteiger partial charge in [0.2, 0.25) is 0 Å². The summed E-state index contributed by atoms with van der Waals surface area (Å²) in [6.07, 6.45) is 0. The van der Waals surface area contributed by atoms with E-state index in [2.05, 4.69) is 34.6 Å². The highest BCUT2D eigenvalue weighted by molar-refractivity contribution is 5.41. The number of benzene rings is 2. The van der Waals surface area contributed by atoms with Gasteiger partial charge in [-0.3, -0.25) is 0 Å². The van der Waals surface area contributed by atoms with Crippen LogP contribution in [0.25, 0.3) is 0 Å². The topological polar surface area (TPSA) is 77.0 Å². The van der Waals surface area contributed by atoms with Crippen LogP contribution < -0.4 is 5.73 Å². The standard InChI is InChI=1S/C18H20N4O/c19-13-16-18(22(11-12-23)21-20-16)17(14-7-3-1-4-8-14)15-9-5-2-6-10-15/h1-10,17,23H,11-13,19H2. The van der Waals surface area contributed by atoms with Gasteiger partial charge in [-0.25, -0.2) is 4.68 Å². The zero-order valence-corrected chi connectivity index (χ0v) is 12.8. The predicted molar refractivity (Wildman–Crippen MR) is 88.8 cm³/mol. The lowest BCUT2D eigenvalue weighted by molar-refractivity contribution is 0.265. The predicted octanol–water partition coefficient (Wildman–Crippen LogP) is 1.91. The first-order chi connectivity index (χ1) is 11.3. The van der Waals surface area contributed by atoms with E-state index in [1.165, 1.54) is 0 Å². The van der Waals surface area contributed by atoms with Crippen LogP contribution in [-0.4, -0.2) is 26.7 Å². The Labute approximate surface area is 135 Å². The van der Waals surface area contributed by atoms with E-state index in [0.717, 1.165) is 22.5 Å². The molecule has 0 spiro atoms. The molecule has 0 aliphatic rings. The number of hydrogen-bond donors (Lipinski definition) is 2. The van der Waals surface area contributed by atoms with E-state index in [0.29, 0.717) is 13.1 Å². The molecule has 3 aromatic rings. The van der Waals surface area contributed by atoms with Crippen LogP contribution in [0.4, 0.5) is 0 Å². The zero-order valence-electron chi connectivity index (χ0n) is 12.8. The van der Waals surface area contributed by atoms with Crippen LogP contribution in [-0.2, 0) is 13.1 Å². The van der Waals surface area contributed by atoms with Crippen LogP contribution in [0.5, 0.6) is 0 Å². The summed E-state index contributed by atoms with van der Waals surface area (Å²) in [6, 6.07) is 20.4. The molecule has 0 radical (unpaired) electrons. The Morgan fingerprint density at radius 3 is 2.00 bits per heavy atom. The molecule has 3 N–H and O–H groups in total. The molecule has 23 heavy (non-hydrogen) atoms. The normalized spacial score (nSPS) is 11.1. The summed E-state index contributed by atoms with van der Waals surface area (Å²) in [5.74, 6) is -0.0162. The number of aromatic nitrogens is 3. The van der Waals surface area contributed by atoms with Crippen molar-refractivity contribution in [3.05, 3.63) is 83.2 Å². The highest BCUT2D eigenvalue weighted by Gasteiger charge is 2.24. The van der Waals surface area contributed by atoms with Gasteiger partial charge >= 0.3 is 0 Å². The molecule has 0 aliphatic carbocycles. The van der Waals surface area contributed by atoms with Crippen molar-refractivity contribution in [2.75, 3.05) is 6.61 Å². The van der Waals surface area contributed by atoms with Gasteiger partial charge in [0.15, 0.2) is 0 Å². The Morgan fingerprint density at radius 1 is 0.957 bits per heavy atom. The molecule has 1 heterocycles. The maximum Gasteiger partial charge on any atom is 0.100 e. The summed E-state index contributed by atoms with van der Waals surface area (Å²) in [6.45, 7) is 0.728. The van der Waals surface area contributed by atoms with E-state index in [4.69, 9.17) is 5.73 Å². The van der Waals surface area contributed by atoms with Crippen LogP contribution in [0.3, 0.4) is 0 Å². The van der Waals surface area contributed by atoms with Crippen molar-refractivity contribution < 1.29 is 5.11 Å². The Bertz CT molecular complexity index is 701. The highest BCUT2D eigenvalue weighted by Crippen LogP contribution is 2.33. The first-order valence-corrected chi connectivity index (χ1v) is 7.68. The molecule has 0 fully saturated rings. The first kappa shape index (κ1) is 15.4. The summed E-state index contributed by atoms with van der Waals surface area (Å²) in [5, 5.41) is 17.7. The van der Waals surface area contributed by atoms with Crippen molar-refractivity contribution in [2.45, 2.75) is 19.0 Å². The summed E-state index contributed by atoms with van der Waals surface area (Å²) in [5.41, 5.74) is 9.88. The van der Waals surface area contributed by atoms with E-state index < -0.39 is 0 Å². The van der Waals surface area contributed by atoms with Crippen molar-refractivity contribution in [3.63, 3.8) is 0 Å². The third-order valence-electron chi connectivity index (χ3n) is 3.89. The fourth-order valence-corrected chi connectivity index (χ4v) is 2.88. The Kier molecular flexibility index (Phi) is 4.80. The van der Waals surface area contributed by atoms with E-state index in [1.54, 1.807) is 4.68 Å². The maximum absolute atomic E-state index is 9.33. The molecule has 0 unspecified atom stereocenters. The number of nitrogens with two attached hydrogens (primary N) is 1. The maximum atomic E-state index is 9.33. The van der Waals surface area contributed by atoms with Crippen LogP contribution in [0.15, 0.2) is 60.7 Å². The number of rotatable bonds is 6. The van der Waals surface area contributed by atoms with Crippen molar-refractivity contribution in [1.82, 2.24) is 15.0 Å². The number of aliphatic hydroxyl groups is 1. The Morgan fingerprint density at radius 2 is 1.52 bits per heavy atom. The van der Waals surface area contributed by atoms with Crippen LogP contribution >= 0.6 is 0 Å². The van der Waals surface area contributed by atoms with Gasteiger partial charge in [-0.15, -0.1) is 5.10 Å². The van der Waals surface area contributed by atoms with Crippen molar-refractivity contribution in [1.29, 1.82) is 0 Å². The minimum Gasteiger partial charge on any atom is -0.394 e. The second-order valence-electron chi connectivity index (χ2n) is 5.33. The van der Waals surface area contributed by atoms with Crippen molar-refractivity contribution >= 4 is 0 Å². The molecule has 0 amide bonds. The minimum atomic E-state index is -0.0162. The second kappa shape index (κ2) is 7.17. The number of nitrogens with zero attached hydrogens (tertiary/aromatic N) is 3. The lowest BCUT2D eigenvalue weighted by Crippen LogP contribution is -2.16. The molecule has 0 atom stereocenters. The van der Waals surface area contributed by atoms with Gasteiger partial charge in [0.25, 0.3) is 0 Å². The largest absolute Gasteiger partial charge is 0.394 e. The summed E-state index contributed by atoms with van der Waals surface area (Å²) >= 11 is 0. The lowest BCUT2D eigenvalue weighted by Gasteiger charge is -2.20. The smallest absolute Gasteiger partial charge is 0.100 e. The molecular weight excluding hydrogens is 288 g/mol. The molecular formula is C18H20N4O. The van der Waals surface area contributed by atoms with Gasteiger partial charge in [-0.1, -0.05) is 65.9 Å². The van der Waals surface area contributed by atoms with Crippen LogP contribution in [0, 0.1) is 0 Å². The van der Waals surface area contributed by atoms with Crippen LogP contribution in [0.1, 0.15) is 28.4 Å². The SMILES string of the molecule is NCc1nnn(CCO)c1C(c1ccccc1)c1ccccc1. The van der Waals surface area contributed by atoms with E-state index >= 15 is 0 Å². The average Bonchev–Trinajstić information content (AvgIpc) is 3.00. The molecule has 1 aromatic heterocycles. The third-order valence-corrected chi connectivity index (χ3v) is 3.89. The summed E-state index contributed by atoms with van der Waals surface area (Å²) in [4.78, 5) is 0. The molecule has 0 aliphatic heterocycles. The molecule has 118 valence electrons. The summed E-state index contributed by atoms with van der Waals surface area (Å²) in [7, 11) is 0. The molecule has 3 rings (SSSR count). The van der Waals surface area contributed by atoms with E-state index in [-0.39, 0.29) is 12.5 Å². The Hall–Kier alpha value is -2.50. The lowest BCUT2D eigenvalue weighted by atomic mass is 9.87. The van der Waals surface area contributed by atoms with Gasteiger partial charge in [0, 0.05) is 6.54 Å². The molecule has 0 saturated carbocycles. The number of hydrogen-bond acceptors (Lipinski definition) is 4. The number of aliphatic hydroxyl groups excluding tert-OH is 1. The van der Waals surface area contributed by atoms with E-state index in [9.17, 15) is 5.11 Å². The molecule has 0 saturated heterocycles. The van der Waals surface area contributed by atoms with Crippen molar-refractivity contribution in [3.8, 4) is 0 Å². The highest BCUT2D eigenvalue weighted by atomic mass is 16.3. The van der Waals surface area contributed by atoms with E-state index in [1.807, 2.05) is 36.4 Å². The third kappa shape index (κ3) is 3.16. The fraction of sp³-hybridized carbons (Fsp3) is 0.222. The van der Waals surface area contributed by atoms with Gasteiger partial charge in [-0.2, -0.15) is 0 Å². The van der Waals surface area contributed by atoms with Gasteiger partial charge < -0.3 is 10.8 Å². The zero-order chi connectivity index (χ0) is 16.1. The molecule has 2 aromatic carbocycles. The van der Waals surface area contributed by atoms with Crippen molar-refractivity contribution in [2.24, 2.45) is 5.73 Å². The monoisotopic (exact) mass is 308 g/mol. The first-order valence-electron chi connectivity index (χ1n) is 7.68. The Balaban J connectivity index is 2.19. The average molecular weight is 308 g/mol. The quantitative estimate of drug-likeness (QED) is 0.729. The molecule has 5 heteroatoms. The second-order valence-corrected chi connectivity index (χ2v) is 5.33. The minimum absolute atomic E-state index is 0.0106. The summed E-state index contributed by atoms with van der Waals surface area (Å²) < 4.78 is 1.76. The van der Waals surface area contributed by atoms with Gasteiger partial charge in [0.1, 0.15) is 5.69 Å². The van der Waals surface area contributed by atoms with Crippen LogP contribution in [0.2, 0.25) is 0 Å². The molecule has 0 bridgehead atoms. The van der Waals surface area contributed by atoms with Gasteiger partial charge in [0.05, 0.1) is 24.8 Å². The fourth-order valence-electron chi connectivity index (χ4n) is 2.88. The molecule has 5 nitrogen and oxygen atoms in total. The van der Waals surface area contributed by atoms with Gasteiger partial charge in [-0.05, 0) is 11.1 Å².